The van der Waals surface area contributed by atoms with Gasteiger partial charge in [0.2, 0.25) is 11.8 Å². The van der Waals surface area contributed by atoms with Crippen molar-refractivity contribution in [3.63, 3.8) is 0 Å². The molecule has 1 unspecified atom stereocenters. The Bertz CT molecular complexity index is 797. The Kier molecular flexibility index (Phi) is 6.69. The molecule has 2 N–H and O–H groups in total. The zero-order chi connectivity index (χ0) is 20.1. The topological polar surface area (TPSA) is 113 Å². The van der Waals surface area contributed by atoms with E-state index >= 15 is 0 Å². The van der Waals surface area contributed by atoms with Crippen LogP contribution in [0.4, 0.5) is 0 Å². The highest BCUT2D eigenvalue weighted by atomic mass is 32.2. The number of nitrogens with zero attached hydrogens (tertiary/aromatic N) is 1. The number of rotatable bonds is 9. The van der Waals surface area contributed by atoms with Crippen LogP contribution in [0.5, 0.6) is 0 Å². The SMILES string of the molecule is O=C(O)CCOCCCSc1cccc2c1CN(C1CCC(=O)NC1=O)C2=O. The number of carboxylic acid groups (broad SMARTS) is 1. The first-order valence-corrected chi connectivity index (χ1v) is 10.1. The van der Waals surface area contributed by atoms with Gasteiger partial charge in [0, 0.05) is 35.8 Å². The van der Waals surface area contributed by atoms with Gasteiger partial charge in [-0.3, -0.25) is 24.5 Å². The second-order valence-corrected chi connectivity index (χ2v) is 7.78. The number of ether oxygens (including phenoxy) is 1. The quantitative estimate of drug-likeness (QED) is 0.362. The summed E-state index contributed by atoms with van der Waals surface area (Å²) in [5.74, 6) is -0.989. The zero-order valence-electron chi connectivity index (χ0n) is 15.3. The molecule has 2 heterocycles. The van der Waals surface area contributed by atoms with Crippen LogP contribution < -0.4 is 5.32 Å². The number of fused-ring (bicyclic) bond motifs is 1. The van der Waals surface area contributed by atoms with Gasteiger partial charge in [0.15, 0.2) is 0 Å². The molecule has 150 valence electrons. The van der Waals surface area contributed by atoms with E-state index in [4.69, 9.17) is 9.84 Å². The number of piperidine rings is 1. The van der Waals surface area contributed by atoms with E-state index in [2.05, 4.69) is 5.32 Å². The highest BCUT2D eigenvalue weighted by Gasteiger charge is 2.39. The number of hydrogen-bond acceptors (Lipinski definition) is 6. The third kappa shape index (κ3) is 4.71. The Balaban J connectivity index is 1.56. The fourth-order valence-corrected chi connectivity index (χ4v) is 4.30. The molecule has 0 spiro atoms. The maximum absolute atomic E-state index is 12.8. The number of thioether (sulfide) groups is 1. The predicted molar refractivity (Wildman–Crippen MR) is 101 cm³/mol. The molecular weight excluding hydrogens is 384 g/mol. The average Bonchev–Trinajstić information content (AvgIpc) is 2.98. The third-order valence-corrected chi connectivity index (χ3v) is 5.88. The van der Waals surface area contributed by atoms with E-state index < -0.39 is 17.9 Å². The normalized spacial score (nSPS) is 18.9. The van der Waals surface area contributed by atoms with Crippen LogP contribution in [0.1, 0.15) is 41.6 Å². The minimum Gasteiger partial charge on any atom is -0.481 e. The molecular formula is C19H22N2O6S. The van der Waals surface area contributed by atoms with E-state index in [0.717, 1.165) is 22.6 Å². The largest absolute Gasteiger partial charge is 0.481 e. The summed E-state index contributed by atoms with van der Waals surface area (Å²) in [4.78, 5) is 49.2. The van der Waals surface area contributed by atoms with Gasteiger partial charge in [-0.15, -0.1) is 11.8 Å². The summed E-state index contributed by atoms with van der Waals surface area (Å²) < 4.78 is 5.28. The first-order chi connectivity index (χ1) is 13.5. The minimum atomic E-state index is -0.876. The van der Waals surface area contributed by atoms with Crippen molar-refractivity contribution >= 4 is 35.5 Å². The van der Waals surface area contributed by atoms with Crippen LogP contribution in [-0.2, 0) is 25.7 Å². The fourth-order valence-electron chi connectivity index (χ4n) is 3.30. The molecule has 0 aliphatic carbocycles. The molecule has 8 nitrogen and oxygen atoms in total. The van der Waals surface area contributed by atoms with Crippen LogP contribution in [0.3, 0.4) is 0 Å². The molecule has 1 aromatic carbocycles. The summed E-state index contributed by atoms with van der Waals surface area (Å²) in [6.07, 6.45) is 1.34. The average molecular weight is 406 g/mol. The molecule has 2 aliphatic heterocycles. The molecule has 2 aliphatic rings. The Hall–Kier alpha value is -2.39. The van der Waals surface area contributed by atoms with Crippen molar-refractivity contribution in [1.29, 1.82) is 0 Å². The lowest BCUT2D eigenvalue weighted by Crippen LogP contribution is -2.52. The molecule has 28 heavy (non-hydrogen) atoms. The van der Waals surface area contributed by atoms with E-state index in [1.54, 1.807) is 22.7 Å². The number of amides is 3. The second-order valence-electron chi connectivity index (χ2n) is 6.64. The van der Waals surface area contributed by atoms with Gasteiger partial charge in [0.1, 0.15) is 6.04 Å². The van der Waals surface area contributed by atoms with Crippen LogP contribution in [0, 0.1) is 0 Å². The van der Waals surface area contributed by atoms with E-state index in [1.807, 2.05) is 12.1 Å². The maximum Gasteiger partial charge on any atom is 0.305 e. The number of aliphatic carboxylic acids is 1. The summed E-state index contributed by atoms with van der Waals surface area (Å²) in [6.45, 7) is 1.05. The van der Waals surface area contributed by atoms with Crippen LogP contribution in [0.2, 0.25) is 0 Å². The van der Waals surface area contributed by atoms with Crippen molar-refractivity contribution in [1.82, 2.24) is 10.2 Å². The molecule has 0 saturated carbocycles. The number of benzene rings is 1. The van der Waals surface area contributed by atoms with E-state index in [9.17, 15) is 19.2 Å². The molecule has 3 rings (SSSR count). The first-order valence-electron chi connectivity index (χ1n) is 9.16. The molecule has 0 aromatic heterocycles. The van der Waals surface area contributed by atoms with Crippen LogP contribution >= 0.6 is 11.8 Å². The smallest absolute Gasteiger partial charge is 0.305 e. The van der Waals surface area contributed by atoms with E-state index in [-0.39, 0.29) is 31.3 Å². The summed E-state index contributed by atoms with van der Waals surface area (Å²) in [5.41, 5.74) is 1.52. The van der Waals surface area contributed by atoms with Crippen LogP contribution in [0.25, 0.3) is 0 Å². The molecule has 0 bridgehead atoms. The van der Waals surface area contributed by atoms with Gasteiger partial charge >= 0.3 is 5.97 Å². The Morgan fingerprint density at radius 3 is 2.86 bits per heavy atom. The van der Waals surface area contributed by atoms with Gasteiger partial charge in [-0.1, -0.05) is 6.07 Å². The number of hydrogen-bond donors (Lipinski definition) is 2. The van der Waals surface area contributed by atoms with Crippen molar-refractivity contribution < 1.29 is 29.0 Å². The van der Waals surface area contributed by atoms with Gasteiger partial charge in [-0.25, -0.2) is 0 Å². The third-order valence-electron chi connectivity index (χ3n) is 4.69. The van der Waals surface area contributed by atoms with Crippen molar-refractivity contribution in [3.05, 3.63) is 29.3 Å². The molecule has 9 heteroatoms. The summed E-state index contributed by atoms with van der Waals surface area (Å²) in [6, 6.07) is 4.94. The highest BCUT2D eigenvalue weighted by molar-refractivity contribution is 7.99. The Labute approximate surface area is 166 Å². The van der Waals surface area contributed by atoms with Crippen LogP contribution in [0.15, 0.2) is 23.1 Å². The number of carbonyl (C=O) groups is 4. The summed E-state index contributed by atoms with van der Waals surface area (Å²) in [7, 11) is 0. The Morgan fingerprint density at radius 1 is 1.29 bits per heavy atom. The summed E-state index contributed by atoms with van der Waals surface area (Å²) >= 11 is 1.61. The maximum atomic E-state index is 12.8. The molecule has 0 radical (unpaired) electrons. The molecule has 1 saturated heterocycles. The number of carbonyl (C=O) groups excluding carboxylic acids is 3. The van der Waals surface area contributed by atoms with Gasteiger partial charge in [0.25, 0.3) is 5.91 Å². The van der Waals surface area contributed by atoms with E-state index in [0.29, 0.717) is 25.1 Å². The van der Waals surface area contributed by atoms with Crippen molar-refractivity contribution in [3.8, 4) is 0 Å². The predicted octanol–water partition coefficient (Wildman–Crippen LogP) is 1.42. The number of carboxylic acids is 1. The second kappa shape index (κ2) is 9.20. The van der Waals surface area contributed by atoms with Gasteiger partial charge in [0.05, 0.1) is 13.0 Å². The highest BCUT2D eigenvalue weighted by Crippen LogP contribution is 2.34. The molecule has 1 atom stereocenters. The number of nitrogens with one attached hydrogen (secondary N) is 1. The lowest BCUT2D eigenvalue weighted by molar-refractivity contribution is -0.139. The van der Waals surface area contributed by atoms with Crippen molar-refractivity contribution in [2.24, 2.45) is 0 Å². The molecule has 3 amide bonds. The minimum absolute atomic E-state index is 0.00236. The van der Waals surface area contributed by atoms with E-state index in [1.165, 1.54) is 0 Å². The summed E-state index contributed by atoms with van der Waals surface area (Å²) in [5, 5.41) is 10.9. The monoisotopic (exact) mass is 406 g/mol. The standard InChI is InChI=1S/C19H22N2O6S/c22-16-6-5-14(18(25)20-16)21-11-13-12(19(21)26)3-1-4-15(13)28-10-2-8-27-9-7-17(23)24/h1,3-4,14H,2,5-11H2,(H,23,24)(H,20,22,25). The number of imide groups is 1. The van der Waals surface area contributed by atoms with Gasteiger partial charge in [-0.2, -0.15) is 0 Å². The lowest BCUT2D eigenvalue weighted by Gasteiger charge is -2.29. The van der Waals surface area contributed by atoms with Gasteiger partial charge in [-0.05, 0) is 30.5 Å². The van der Waals surface area contributed by atoms with Gasteiger partial charge < -0.3 is 14.7 Å². The van der Waals surface area contributed by atoms with Crippen molar-refractivity contribution in [2.75, 3.05) is 19.0 Å². The Morgan fingerprint density at radius 2 is 2.11 bits per heavy atom. The first kappa shape index (κ1) is 20.3. The fraction of sp³-hybridized carbons (Fsp3) is 0.474. The van der Waals surface area contributed by atoms with Crippen molar-refractivity contribution in [2.45, 2.75) is 43.2 Å². The zero-order valence-corrected chi connectivity index (χ0v) is 16.1. The molecule has 1 fully saturated rings. The molecule has 1 aromatic rings. The van der Waals surface area contributed by atoms with Crippen LogP contribution in [-0.4, -0.2) is 58.7 Å². The lowest BCUT2D eigenvalue weighted by atomic mass is 10.0.